The lowest BCUT2D eigenvalue weighted by molar-refractivity contribution is -0.109. The fraction of sp³-hybridized carbons (Fsp3) is 0.414. The summed E-state index contributed by atoms with van der Waals surface area (Å²) < 4.78 is 28.8. The maximum atomic E-state index is 14.6. The van der Waals surface area contributed by atoms with Gasteiger partial charge in [0.2, 0.25) is 11.8 Å². The van der Waals surface area contributed by atoms with E-state index in [1.54, 1.807) is 28.8 Å². The Bertz CT molecular complexity index is 1810. The summed E-state index contributed by atoms with van der Waals surface area (Å²) in [5, 5.41) is 7.65. The number of thiazole rings is 1. The number of rotatable bonds is 8. The number of benzene rings is 1. The summed E-state index contributed by atoms with van der Waals surface area (Å²) in [6.45, 7) is 8.35. The second-order valence-corrected chi connectivity index (χ2v) is 11.7. The Morgan fingerprint density at radius 3 is 2.56 bits per heavy atom. The van der Waals surface area contributed by atoms with Crippen LogP contribution in [0.5, 0.6) is 5.75 Å². The van der Waals surface area contributed by atoms with Crippen LogP contribution in [0.3, 0.4) is 0 Å². The average molecular weight is 639 g/mol. The van der Waals surface area contributed by atoms with E-state index in [9.17, 15) is 14.0 Å². The zero-order valence-electron chi connectivity index (χ0n) is 24.9. The molecule has 4 aromatic heterocycles. The third-order valence-electron chi connectivity index (χ3n) is 7.79. The number of carbonyl (C=O) groups is 1. The third kappa shape index (κ3) is 6.83. The number of anilines is 2. The number of piperazine rings is 2. The minimum absolute atomic E-state index is 0.113. The molecule has 2 saturated heterocycles. The largest absolute Gasteiger partial charge is 0.486 e. The Morgan fingerprint density at radius 2 is 1.89 bits per heavy atom. The van der Waals surface area contributed by atoms with Crippen LogP contribution in [0.2, 0.25) is 0 Å². The maximum Gasteiger partial charge on any atom is 0.309 e. The molecule has 7 rings (SSSR count). The molecule has 2 aliphatic rings. The summed E-state index contributed by atoms with van der Waals surface area (Å²) in [5.41, 5.74) is 7.58. The van der Waals surface area contributed by atoms with Gasteiger partial charge in [0, 0.05) is 71.5 Å². The van der Waals surface area contributed by atoms with Crippen molar-refractivity contribution < 1.29 is 18.3 Å². The normalized spacial score (nSPS) is 16.2. The predicted octanol–water partition coefficient (Wildman–Crippen LogP) is 1.40. The summed E-state index contributed by atoms with van der Waals surface area (Å²) >= 11 is 1.06. The molecule has 238 valence electrons. The predicted molar refractivity (Wildman–Crippen MR) is 170 cm³/mol. The number of nitrogens with zero attached hydrogens (tertiary/aromatic N) is 8. The molecular formula is C29H35FN10O4S. The van der Waals surface area contributed by atoms with Gasteiger partial charge in [0.1, 0.15) is 22.9 Å². The number of nitrogen functional groups attached to an aromatic ring is 1. The number of fused-ring (bicyclic) bond motifs is 3. The number of ether oxygens (including phenoxy) is 1. The Labute approximate surface area is 261 Å². The lowest BCUT2D eigenvalue weighted by atomic mass is 10.2. The van der Waals surface area contributed by atoms with Crippen molar-refractivity contribution in [1.82, 2.24) is 39.3 Å². The first-order chi connectivity index (χ1) is 21.9. The Hall–Kier alpha value is -4.38. The zero-order chi connectivity index (χ0) is 31.3. The topological polar surface area (TPSA) is 152 Å². The van der Waals surface area contributed by atoms with Crippen molar-refractivity contribution in [2.45, 2.75) is 6.54 Å². The third-order valence-corrected chi connectivity index (χ3v) is 8.75. The molecule has 0 spiro atoms. The fourth-order valence-electron chi connectivity index (χ4n) is 5.33. The van der Waals surface area contributed by atoms with Crippen molar-refractivity contribution in [3.05, 3.63) is 52.1 Å². The lowest BCUT2D eigenvalue weighted by Crippen LogP contribution is -2.47. The van der Waals surface area contributed by atoms with Crippen LogP contribution in [0.15, 0.2) is 45.8 Å². The van der Waals surface area contributed by atoms with E-state index < -0.39 is 5.82 Å². The molecule has 0 radical (unpaired) electrons. The van der Waals surface area contributed by atoms with Crippen LogP contribution in [-0.4, -0.2) is 113 Å². The molecule has 3 N–H and O–H groups in total. The molecule has 2 fully saturated rings. The van der Waals surface area contributed by atoms with Crippen LogP contribution in [0.1, 0.15) is 0 Å². The second-order valence-electron chi connectivity index (χ2n) is 10.8. The minimum Gasteiger partial charge on any atom is -0.486 e. The number of halogens is 1. The van der Waals surface area contributed by atoms with Crippen molar-refractivity contribution in [1.29, 1.82) is 0 Å². The Balaban J connectivity index is 0.000000452. The van der Waals surface area contributed by atoms with E-state index in [-0.39, 0.29) is 17.4 Å². The highest BCUT2D eigenvalue weighted by atomic mass is 32.1. The van der Waals surface area contributed by atoms with E-state index in [0.29, 0.717) is 84.6 Å². The van der Waals surface area contributed by atoms with Crippen molar-refractivity contribution in [2.24, 2.45) is 0 Å². The maximum absolute atomic E-state index is 14.6. The first-order valence-electron chi connectivity index (χ1n) is 14.7. The van der Waals surface area contributed by atoms with Crippen LogP contribution in [-0.2, 0) is 11.3 Å². The van der Waals surface area contributed by atoms with Crippen LogP contribution in [0, 0.1) is 5.82 Å². The number of furan rings is 1. The lowest BCUT2D eigenvalue weighted by Gasteiger charge is -2.36. The number of hydrogen-bond donors (Lipinski definition) is 2. The first-order valence-corrected chi connectivity index (χ1v) is 15.5. The van der Waals surface area contributed by atoms with Crippen LogP contribution in [0.4, 0.5) is 16.0 Å². The zero-order valence-corrected chi connectivity index (χ0v) is 25.7. The van der Waals surface area contributed by atoms with Crippen molar-refractivity contribution in [3.63, 3.8) is 0 Å². The Kier molecular flexibility index (Phi) is 9.34. The highest BCUT2D eigenvalue weighted by Crippen LogP contribution is 2.27. The quantitative estimate of drug-likeness (QED) is 0.236. The van der Waals surface area contributed by atoms with Crippen LogP contribution >= 0.6 is 11.3 Å². The van der Waals surface area contributed by atoms with E-state index >= 15 is 0 Å². The Morgan fingerprint density at radius 1 is 1.09 bits per heavy atom. The SMILES string of the molecule is CN1CCNCC1.Nc1nc2c(sc(=O)n2CCN2CCN(c3ccc(OCC=O)cc3F)CC2)c2nc(-c3ccco3)nn12. The minimum atomic E-state index is -0.392. The highest BCUT2D eigenvalue weighted by molar-refractivity contribution is 7.17. The van der Waals surface area contributed by atoms with Gasteiger partial charge in [0.05, 0.1) is 12.0 Å². The number of aromatic nitrogens is 5. The van der Waals surface area contributed by atoms with Gasteiger partial charge >= 0.3 is 4.87 Å². The standard InChI is InChI=1S/C24H23FN8O4S.C5H12N2/c25-16-14-15(36-13-11-34)3-4-17(16)31-8-5-30(6-9-31)7-10-32-21-19(38-24(32)35)22-27-20(18-2-1-12-37-18)29-33(22)23(26)28-21;1-7-4-2-6-3-5-7/h1-4,11-12,14H,5-10,13H2,(H2,26,28);6H,2-5H2,1H3. The second kappa shape index (κ2) is 13.7. The molecule has 16 heteroatoms. The van der Waals surface area contributed by atoms with Gasteiger partial charge in [-0.25, -0.2) is 9.37 Å². The molecule has 0 bridgehead atoms. The summed E-state index contributed by atoms with van der Waals surface area (Å²) in [4.78, 5) is 38.7. The molecule has 0 unspecified atom stereocenters. The summed E-state index contributed by atoms with van der Waals surface area (Å²) in [5.74, 6) is 0.912. The van der Waals surface area contributed by atoms with Gasteiger partial charge in [-0.15, -0.1) is 5.10 Å². The smallest absolute Gasteiger partial charge is 0.309 e. The number of aldehydes is 1. The average Bonchev–Trinajstić information content (AvgIpc) is 3.80. The van der Waals surface area contributed by atoms with Gasteiger partial charge in [0.25, 0.3) is 0 Å². The van der Waals surface area contributed by atoms with Crippen molar-refractivity contribution in [2.75, 3.05) is 83.2 Å². The summed E-state index contributed by atoms with van der Waals surface area (Å²) in [6.07, 6.45) is 2.16. The molecule has 0 aliphatic carbocycles. The van der Waals surface area contributed by atoms with Gasteiger partial charge in [-0.05, 0) is 31.3 Å². The molecule has 0 atom stereocenters. The van der Waals surface area contributed by atoms with E-state index in [2.05, 4.69) is 37.2 Å². The number of likely N-dealkylation sites (N-methyl/N-ethyl adjacent to an activating group) is 1. The van der Waals surface area contributed by atoms with Gasteiger partial charge in [-0.2, -0.15) is 9.50 Å². The molecule has 6 heterocycles. The first kappa shape index (κ1) is 30.6. The molecule has 45 heavy (non-hydrogen) atoms. The highest BCUT2D eigenvalue weighted by Gasteiger charge is 2.22. The monoisotopic (exact) mass is 638 g/mol. The molecule has 1 aromatic carbocycles. The van der Waals surface area contributed by atoms with Gasteiger partial charge in [0.15, 0.2) is 23.3 Å². The molecule has 0 saturated carbocycles. The van der Waals surface area contributed by atoms with Crippen LogP contribution < -0.4 is 25.6 Å². The van der Waals surface area contributed by atoms with E-state index in [4.69, 9.17) is 14.9 Å². The fourth-order valence-corrected chi connectivity index (χ4v) is 6.26. The van der Waals surface area contributed by atoms with E-state index in [1.807, 2.05) is 4.90 Å². The van der Waals surface area contributed by atoms with E-state index in [1.165, 1.54) is 29.9 Å². The van der Waals surface area contributed by atoms with Crippen molar-refractivity contribution >= 4 is 45.3 Å². The number of nitrogens with one attached hydrogen (secondary N) is 1. The molecule has 0 amide bonds. The molecule has 2 aliphatic heterocycles. The number of hydrogen-bond acceptors (Lipinski definition) is 13. The number of nitrogens with two attached hydrogens (primary N) is 1. The van der Waals surface area contributed by atoms with Gasteiger partial charge in [-0.1, -0.05) is 11.3 Å². The molecule has 5 aromatic rings. The molecule has 14 nitrogen and oxygen atoms in total. The number of carbonyl (C=O) groups excluding carboxylic acids is 1. The van der Waals surface area contributed by atoms with Gasteiger partial charge in [-0.3, -0.25) is 19.1 Å². The van der Waals surface area contributed by atoms with Gasteiger partial charge < -0.3 is 30.0 Å². The molecular weight excluding hydrogens is 603 g/mol. The van der Waals surface area contributed by atoms with E-state index in [0.717, 1.165) is 24.4 Å². The summed E-state index contributed by atoms with van der Waals surface area (Å²) in [6, 6.07) is 8.11. The van der Waals surface area contributed by atoms with Crippen LogP contribution in [0.25, 0.3) is 27.6 Å². The van der Waals surface area contributed by atoms with Crippen molar-refractivity contribution in [3.8, 4) is 17.3 Å². The summed E-state index contributed by atoms with van der Waals surface area (Å²) in [7, 11) is 2.15.